The molecule has 3 rings (SSSR count). The summed E-state index contributed by atoms with van der Waals surface area (Å²) in [6, 6.07) is 0. The number of rotatable bonds is 2. The lowest BCUT2D eigenvalue weighted by Crippen LogP contribution is -2.33. The van der Waals surface area contributed by atoms with Gasteiger partial charge in [0, 0.05) is 0 Å². The van der Waals surface area contributed by atoms with E-state index in [9.17, 15) is 10.2 Å². The number of aromatic nitrogens is 5. The SMILES string of the molecule is Nc1nc(N)c2nn(C3OC(CO)C(O)C3O)nc2n1. The monoisotopic (exact) mass is 283 g/mol. The van der Waals surface area contributed by atoms with Crippen molar-refractivity contribution in [2.24, 2.45) is 0 Å². The lowest BCUT2D eigenvalue weighted by Gasteiger charge is -2.12. The fourth-order valence-corrected chi connectivity index (χ4v) is 2.05. The normalized spacial score (nSPS) is 30.1. The van der Waals surface area contributed by atoms with Gasteiger partial charge in [-0.05, 0) is 0 Å². The molecule has 20 heavy (non-hydrogen) atoms. The Morgan fingerprint density at radius 2 is 1.90 bits per heavy atom. The van der Waals surface area contributed by atoms with Gasteiger partial charge in [0.1, 0.15) is 18.3 Å². The number of aliphatic hydroxyl groups is 3. The van der Waals surface area contributed by atoms with Crippen LogP contribution in [0.5, 0.6) is 0 Å². The van der Waals surface area contributed by atoms with Crippen LogP contribution in [-0.4, -0.2) is 65.2 Å². The second kappa shape index (κ2) is 4.49. The van der Waals surface area contributed by atoms with E-state index >= 15 is 0 Å². The molecule has 0 aromatic carbocycles. The van der Waals surface area contributed by atoms with Gasteiger partial charge in [-0.1, -0.05) is 0 Å². The Morgan fingerprint density at radius 1 is 1.15 bits per heavy atom. The number of nitrogens with zero attached hydrogens (tertiary/aromatic N) is 5. The molecule has 2 aromatic heterocycles. The zero-order valence-corrected chi connectivity index (χ0v) is 10.2. The van der Waals surface area contributed by atoms with E-state index in [4.69, 9.17) is 21.3 Å². The minimum atomic E-state index is -1.29. The summed E-state index contributed by atoms with van der Waals surface area (Å²) in [6.45, 7) is -0.440. The molecule has 4 atom stereocenters. The van der Waals surface area contributed by atoms with Crippen molar-refractivity contribution in [1.82, 2.24) is 25.0 Å². The number of fused-ring (bicyclic) bond motifs is 1. The van der Waals surface area contributed by atoms with Crippen LogP contribution in [0.3, 0.4) is 0 Å². The predicted molar refractivity (Wildman–Crippen MR) is 65.0 cm³/mol. The van der Waals surface area contributed by atoms with Crippen molar-refractivity contribution in [2.75, 3.05) is 18.1 Å². The summed E-state index contributed by atoms with van der Waals surface area (Å²) < 4.78 is 5.29. The molecule has 0 saturated carbocycles. The van der Waals surface area contributed by atoms with Crippen molar-refractivity contribution >= 4 is 22.9 Å². The number of nitrogen functional groups attached to an aromatic ring is 2. The first kappa shape index (κ1) is 12.9. The van der Waals surface area contributed by atoms with E-state index in [1.165, 1.54) is 0 Å². The van der Waals surface area contributed by atoms with Crippen LogP contribution in [0, 0.1) is 0 Å². The van der Waals surface area contributed by atoms with Crippen molar-refractivity contribution in [3.8, 4) is 0 Å². The standard InChI is InChI=1S/C9H13N7O4/c10-6-3-7(13-9(11)12-6)15-16(14-3)8-5(19)4(18)2(1-17)20-8/h2,4-5,8,17-19H,1H2,(H4,10,11,12,13,15). The molecule has 1 fully saturated rings. The van der Waals surface area contributed by atoms with Crippen LogP contribution in [-0.2, 0) is 4.74 Å². The van der Waals surface area contributed by atoms with Crippen molar-refractivity contribution in [2.45, 2.75) is 24.5 Å². The summed E-state index contributed by atoms with van der Waals surface area (Å²) >= 11 is 0. The van der Waals surface area contributed by atoms with Gasteiger partial charge in [0.25, 0.3) is 0 Å². The molecule has 0 aliphatic carbocycles. The van der Waals surface area contributed by atoms with Crippen molar-refractivity contribution < 1.29 is 20.1 Å². The zero-order valence-electron chi connectivity index (χ0n) is 10.2. The summed E-state index contributed by atoms with van der Waals surface area (Å²) in [5.74, 6) is -0.00583. The van der Waals surface area contributed by atoms with Crippen LogP contribution in [0.25, 0.3) is 11.2 Å². The van der Waals surface area contributed by atoms with Gasteiger partial charge in [0.05, 0.1) is 6.61 Å². The number of hydrogen-bond acceptors (Lipinski definition) is 10. The molecule has 0 bridgehead atoms. The largest absolute Gasteiger partial charge is 0.394 e. The highest BCUT2D eigenvalue weighted by molar-refractivity contribution is 5.81. The molecule has 2 aromatic rings. The average Bonchev–Trinajstić information content (AvgIpc) is 2.93. The first-order valence-corrected chi connectivity index (χ1v) is 5.79. The highest BCUT2D eigenvalue weighted by Gasteiger charge is 2.44. The molecule has 4 unspecified atom stereocenters. The van der Waals surface area contributed by atoms with Crippen LogP contribution in [0.1, 0.15) is 6.23 Å². The number of nitrogens with two attached hydrogens (primary N) is 2. The highest BCUT2D eigenvalue weighted by Crippen LogP contribution is 2.29. The van der Waals surface area contributed by atoms with Crippen LogP contribution >= 0.6 is 0 Å². The van der Waals surface area contributed by atoms with E-state index in [1.807, 2.05) is 0 Å². The van der Waals surface area contributed by atoms with Gasteiger partial charge in [-0.25, -0.2) is 0 Å². The number of ether oxygens (including phenoxy) is 1. The molecule has 0 spiro atoms. The Bertz CT molecular complexity index is 647. The molecule has 108 valence electrons. The van der Waals surface area contributed by atoms with Crippen LogP contribution in [0.15, 0.2) is 0 Å². The summed E-state index contributed by atoms with van der Waals surface area (Å²) in [6.07, 6.45) is -4.51. The van der Waals surface area contributed by atoms with E-state index < -0.39 is 31.1 Å². The second-order valence-electron chi connectivity index (χ2n) is 4.39. The molecule has 7 N–H and O–H groups in total. The van der Waals surface area contributed by atoms with Crippen LogP contribution in [0.4, 0.5) is 11.8 Å². The zero-order chi connectivity index (χ0) is 14.4. The third kappa shape index (κ3) is 1.84. The van der Waals surface area contributed by atoms with Gasteiger partial charge in [0.2, 0.25) is 11.6 Å². The molecule has 0 radical (unpaired) electrons. The predicted octanol–water partition coefficient (Wildman–Crippen LogP) is -3.00. The molecule has 11 nitrogen and oxygen atoms in total. The molecule has 1 aliphatic heterocycles. The van der Waals surface area contributed by atoms with Gasteiger partial charge in [-0.2, -0.15) is 9.97 Å². The summed E-state index contributed by atoms with van der Waals surface area (Å²) in [4.78, 5) is 8.62. The maximum absolute atomic E-state index is 9.88. The van der Waals surface area contributed by atoms with Crippen molar-refractivity contribution in [3.05, 3.63) is 0 Å². The number of anilines is 2. The Balaban J connectivity index is 2.01. The minimum absolute atomic E-state index is 0.0468. The third-order valence-corrected chi connectivity index (χ3v) is 3.05. The van der Waals surface area contributed by atoms with E-state index in [2.05, 4.69) is 20.2 Å². The Kier molecular flexibility index (Phi) is 2.90. The maximum Gasteiger partial charge on any atom is 0.224 e. The molecule has 0 amide bonds. The van der Waals surface area contributed by atoms with E-state index in [-0.39, 0.29) is 22.9 Å². The van der Waals surface area contributed by atoms with E-state index in [0.29, 0.717) is 0 Å². The highest BCUT2D eigenvalue weighted by atomic mass is 16.6. The molecular weight excluding hydrogens is 270 g/mol. The van der Waals surface area contributed by atoms with Crippen molar-refractivity contribution in [1.29, 1.82) is 0 Å². The first-order valence-electron chi connectivity index (χ1n) is 5.79. The fourth-order valence-electron chi connectivity index (χ4n) is 2.05. The Labute approximate surface area is 111 Å². The smallest absolute Gasteiger partial charge is 0.224 e. The van der Waals surface area contributed by atoms with Gasteiger partial charge in [-0.3, -0.25) is 0 Å². The molecule has 3 heterocycles. The second-order valence-corrected chi connectivity index (χ2v) is 4.39. The van der Waals surface area contributed by atoms with Crippen LogP contribution < -0.4 is 11.5 Å². The third-order valence-electron chi connectivity index (χ3n) is 3.05. The molecule has 1 saturated heterocycles. The number of hydrogen-bond donors (Lipinski definition) is 5. The van der Waals surface area contributed by atoms with Crippen LogP contribution in [0.2, 0.25) is 0 Å². The molecular formula is C9H13N7O4. The van der Waals surface area contributed by atoms with Gasteiger partial charge >= 0.3 is 0 Å². The summed E-state index contributed by atoms with van der Waals surface area (Å²) in [5.41, 5.74) is 11.4. The lowest BCUT2D eigenvalue weighted by atomic mass is 10.1. The Hall–Kier alpha value is -2.08. The summed E-state index contributed by atoms with van der Waals surface area (Å²) in [7, 11) is 0. The summed E-state index contributed by atoms with van der Waals surface area (Å²) in [5, 5.41) is 36.6. The quantitative estimate of drug-likeness (QED) is 0.381. The average molecular weight is 283 g/mol. The van der Waals surface area contributed by atoms with Crippen molar-refractivity contribution in [3.63, 3.8) is 0 Å². The maximum atomic E-state index is 9.88. The van der Waals surface area contributed by atoms with Gasteiger partial charge < -0.3 is 31.5 Å². The Morgan fingerprint density at radius 3 is 2.55 bits per heavy atom. The fraction of sp³-hybridized carbons (Fsp3) is 0.556. The molecule has 1 aliphatic rings. The van der Waals surface area contributed by atoms with E-state index in [0.717, 1.165) is 4.80 Å². The lowest BCUT2D eigenvalue weighted by molar-refractivity contribution is -0.0650. The first-order chi connectivity index (χ1) is 9.51. The number of aliphatic hydroxyl groups excluding tert-OH is 3. The van der Waals surface area contributed by atoms with Gasteiger partial charge in [0.15, 0.2) is 17.6 Å². The minimum Gasteiger partial charge on any atom is -0.394 e. The van der Waals surface area contributed by atoms with E-state index in [1.54, 1.807) is 0 Å². The topological polar surface area (TPSA) is 178 Å². The molecule has 11 heteroatoms. The van der Waals surface area contributed by atoms with Gasteiger partial charge in [-0.15, -0.1) is 15.0 Å².